The molecule has 1 N–H and O–H groups in total. The topological polar surface area (TPSA) is 130 Å². The van der Waals surface area contributed by atoms with Crippen molar-refractivity contribution in [2.75, 3.05) is 13.2 Å². The molecule has 37 heavy (non-hydrogen) atoms. The largest absolute Gasteiger partial charge is 0.475 e. The Bertz CT molecular complexity index is 1350. The van der Waals surface area contributed by atoms with Crippen LogP contribution in [0, 0.1) is 31.1 Å². The van der Waals surface area contributed by atoms with Crippen molar-refractivity contribution in [1.29, 1.82) is 5.26 Å². The molecular weight excluding hydrogens is 494 g/mol. The number of benzene rings is 1. The molecule has 2 aromatic rings. The Balaban J connectivity index is 1.49. The number of hydrogen-bond donors (Lipinski definition) is 1. The average Bonchev–Trinajstić information content (AvgIpc) is 3.44. The summed E-state index contributed by atoms with van der Waals surface area (Å²) in [6.07, 6.45) is 1.41. The predicted octanol–water partition coefficient (Wildman–Crippen LogP) is 4.38. The third-order valence-corrected chi connectivity index (χ3v) is 8.43. The van der Waals surface area contributed by atoms with E-state index in [-0.39, 0.29) is 29.7 Å². The molecule has 9 nitrogen and oxygen atoms in total. The molecule has 2 aliphatic rings. The molecule has 0 bridgehead atoms. The molecule has 1 saturated carbocycles. The highest BCUT2D eigenvalue weighted by atomic mass is 32.2. The lowest BCUT2D eigenvalue weighted by atomic mass is 10.0. The minimum Gasteiger partial charge on any atom is -0.475 e. The first-order valence-electron chi connectivity index (χ1n) is 12.3. The number of carbonyl (C=O) groups is 1. The average molecular weight is 528 g/mol. The summed E-state index contributed by atoms with van der Waals surface area (Å²) in [6.45, 7) is 9.46. The summed E-state index contributed by atoms with van der Waals surface area (Å²) < 4.78 is 36.7. The van der Waals surface area contributed by atoms with Crippen LogP contribution in [0.4, 0.5) is 4.79 Å². The molecule has 2 aliphatic carbocycles. The Hall–Kier alpha value is -3.16. The van der Waals surface area contributed by atoms with E-state index in [1.807, 2.05) is 34.6 Å². The SMILES string of the molecule is Cc1ccc(S(=O)(=O)OCC2Cc3c(C#N)nc(OCC4(N(C(=O)O)C(C)(C)C)CC4)c(C)c3C2)cc1. The molecule has 1 amide bonds. The van der Waals surface area contributed by atoms with Gasteiger partial charge in [-0.2, -0.15) is 13.7 Å². The first-order chi connectivity index (χ1) is 17.3. The van der Waals surface area contributed by atoms with Gasteiger partial charge in [0.1, 0.15) is 18.4 Å². The Morgan fingerprint density at radius 2 is 1.81 bits per heavy atom. The molecule has 0 aliphatic heterocycles. The van der Waals surface area contributed by atoms with Crippen LogP contribution >= 0.6 is 0 Å². The molecule has 1 fully saturated rings. The number of rotatable bonds is 8. The Morgan fingerprint density at radius 3 is 2.35 bits per heavy atom. The Kier molecular flexibility index (Phi) is 6.99. The zero-order chi connectivity index (χ0) is 27.2. The number of aromatic nitrogens is 1. The van der Waals surface area contributed by atoms with Gasteiger partial charge >= 0.3 is 6.09 Å². The van der Waals surface area contributed by atoms with Crippen molar-refractivity contribution >= 4 is 16.2 Å². The number of hydrogen-bond acceptors (Lipinski definition) is 7. The van der Waals surface area contributed by atoms with E-state index in [9.17, 15) is 23.6 Å². The van der Waals surface area contributed by atoms with Crippen LogP contribution < -0.4 is 4.74 Å². The van der Waals surface area contributed by atoms with Gasteiger partial charge in [0.2, 0.25) is 5.88 Å². The zero-order valence-corrected chi connectivity index (χ0v) is 22.7. The van der Waals surface area contributed by atoms with Crippen LogP contribution in [0.1, 0.15) is 61.6 Å². The van der Waals surface area contributed by atoms with Crippen LogP contribution in [0.5, 0.6) is 5.88 Å². The van der Waals surface area contributed by atoms with E-state index in [4.69, 9.17) is 8.92 Å². The van der Waals surface area contributed by atoms with Gasteiger partial charge in [0, 0.05) is 11.1 Å². The van der Waals surface area contributed by atoms with Gasteiger partial charge in [-0.3, -0.25) is 9.08 Å². The highest BCUT2D eigenvalue weighted by Crippen LogP contribution is 2.46. The van der Waals surface area contributed by atoms with Crippen molar-refractivity contribution in [2.45, 2.75) is 76.3 Å². The summed E-state index contributed by atoms with van der Waals surface area (Å²) >= 11 is 0. The van der Waals surface area contributed by atoms with Crippen LogP contribution in [0.15, 0.2) is 29.2 Å². The summed E-state index contributed by atoms with van der Waals surface area (Å²) in [5.41, 5.74) is 2.48. The molecule has 198 valence electrons. The standard InChI is InChI=1S/C27H33N3O6S/c1-17-6-8-20(9-7-17)37(33,34)36-15-19-12-21-18(2)24(29-23(14-28)22(21)13-19)35-16-27(10-11-27)30(25(31)32)26(3,4)5/h6-9,19H,10-13,15-16H2,1-5H3,(H,31,32). The smallest absolute Gasteiger partial charge is 0.408 e. The molecular formula is C27H33N3O6S. The van der Waals surface area contributed by atoms with Crippen molar-refractivity contribution < 1.29 is 27.2 Å². The predicted molar refractivity (Wildman–Crippen MR) is 136 cm³/mol. The minimum atomic E-state index is -3.89. The van der Waals surface area contributed by atoms with E-state index in [1.54, 1.807) is 12.1 Å². The molecule has 0 saturated heterocycles. The van der Waals surface area contributed by atoms with Crippen molar-refractivity contribution in [3.05, 3.63) is 52.2 Å². The molecule has 1 unspecified atom stereocenters. The van der Waals surface area contributed by atoms with Crippen LogP contribution in [-0.2, 0) is 27.1 Å². The van der Waals surface area contributed by atoms with E-state index < -0.39 is 27.3 Å². The van der Waals surface area contributed by atoms with Crippen LogP contribution in [-0.4, -0.2) is 53.8 Å². The first-order valence-corrected chi connectivity index (χ1v) is 13.7. The van der Waals surface area contributed by atoms with E-state index >= 15 is 0 Å². The molecule has 0 radical (unpaired) electrons. The fraction of sp³-hybridized carbons (Fsp3) is 0.519. The molecule has 1 aromatic carbocycles. The van der Waals surface area contributed by atoms with E-state index in [2.05, 4.69) is 11.1 Å². The lowest BCUT2D eigenvalue weighted by molar-refractivity contribution is 0.0390. The molecule has 4 rings (SSSR count). The highest BCUT2D eigenvalue weighted by molar-refractivity contribution is 7.86. The maximum absolute atomic E-state index is 12.6. The summed E-state index contributed by atoms with van der Waals surface area (Å²) in [6, 6.07) is 8.64. The molecule has 0 spiro atoms. The van der Waals surface area contributed by atoms with Gasteiger partial charge in [0.05, 0.1) is 17.0 Å². The quantitative estimate of drug-likeness (QED) is 0.501. The third kappa shape index (κ3) is 5.43. The Morgan fingerprint density at radius 1 is 1.19 bits per heavy atom. The number of nitriles is 1. The van der Waals surface area contributed by atoms with Crippen molar-refractivity contribution in [3.8, 4) is 11.9 Å². The number of pyridine rings is 1. The zero-order valence-electron chi connectivity index (χ0n) is 21.9. The monoisotopic (exact) mass is 527 g/mol. The van der Waals surface area contributed by atoms with Crippen molar-refractivity contribution in [2.24, 2.45) is 5.92 Å². The van der Waals surface area contributed by atoms with Crippen LogP contribution in [0.3, 0.4) is 0 Å². The lowest BCUT2D eigenvalue weighted by Gasteiger charge is -2.40. The summed E-state index contributed by atoms with van der Waals surface area (Å²) in [4.78, 5) is 18.0. The second kappa shape index (κ2) is 9.62. The van der Waals surface area contributed by atoms with E-state index in [0.717, 1.165) is 22.3 Å². The van der Waals surface area contributed by atoms with Gasteiger partial charge in [0.15, 0.2) is 0 Å². The maximum Gasteiger partial charge on any atom is 0.408 e. The Labute approximate surface area is 218 Å². The van der Waals surface area contributed by atoms with Gasteiger partial charge in [-0.15, -0.1) is 0 Å². The summed E-state index contributed by atoms with van der Waals surface area (Å²) in [7, 11) is -3.89. The number of fused-ring (bicyclic) bond motifs is 1. The second-order valence-corrected chi connectivity index (χ2v) is 12.7. The number of carboxylic acid groups (broad SMARTS) is 1. The van der Waals surface area contributed by atoms with Gasteiger partial charge in [-0.05, 0) is 89.5 Å². The van der Waals surface area contributed by atoms with E-state index in [1.165, 1.54) is 17.0 Å². The van der Waals surface area contributed by atoms with Crippen molar-refractivity contribution in [3.63, 3.8) is 0 Å². The molecule has 1 heterocycles. The van der Waals surface area contributed by atoms with Crippen LogP contribution in [0.2, 0.25) is 0 Å². The van der Waals surface area contributed by atoms with Crippen LogP contribution in [0.25, 0.3) is 0 Å². The fourth-order valence-electron chi connectivity index (χ4n) is 5.19. The fourth-order valence-corrected chi connectivity index (χ4v) is 6.16. The number of ether oxygens (including phenoxy) is 1. The minimum absolute atomic E-state index is 0.00630. The molecule has 1 aromatic heterocycles. The van der Waals surface area contributed by atoms with Gasteiger partial charge < -0.3 is 9.84 Å². The molecule has 1 atom stereocenters. The van der Waals surface area contributed by atoms with E-state index in [0.29, 0.717) is 31.6 Å². The molecule has 10 heteroatoms. The van der Waals surface area contributed by atoms with Crippen molar-refractivity contribution in [1.82, 2.24) is 9.88 Å². The summed E-state index contributed by atoms with van der Waals surface area (Å²) in [5, 5.41) is 19.6. The highest BCUT2D eigenvalue weighted by Gasteiger charge is 2.55. The third-order valence-electron chi connectivity index (χ3n) is 7.14. The maximum atomic E-state index is 12.6. The van der Waals surface area contributed by atoms with Gasteiger partial charge in [0.25, 0.3) is 10.1 Å². The second-order valence-electron chi connectivity index (χ2n) is 11.1. The number of amides is 1. The number of nitrogens with zero attached hydrogens (tertiary/aromatic N) is 3. The van der Waals surface area contributed by atoms with Gasteiger partial charge in [-0.25, -0.2) is 9.78 Å². The normalized spacial score (nSPS) is 18.1. The number of aryl methyl sites for hydroxylation is 1. The lowest BCUT2D eigenvalue weighted by Crippen LogP contribution is -2.55. The summed E-state index contributed by atoms with van der Waals surface area (Å²) in [5.74, 6) is 0.186. The van der Waals surface area contributed by atoms with Gasteiger partial charge in [-0.1, -0.05) is 17.7 Å². The first kappa shape index (κ1) is 26.9.